The Labute approximate surface area is 112 Å². The molecule has 2 rings (SSSR count). The summed E-state index contributed by atoms with van der Waals surface area (Å²) in [6, 6.07) is 0.687. The SMILES string of the molecule is COC1CCCC(NCCN2CCC(C)CC2)C1. The van der Waals surface area contributed by atoms with E-state index in [2.05, 4.69) is 17.1 Å². The summed E-state index contributed by atoms with van der Waals surface area (Å²) in [6.07, 6.45) is 8.36. The van der Waals surface area contributed by atoms with Crippen molar-refractivity contribution < 1.29 is 4.74 Å². The highest BCUT2D eigenvalue weighted by molar-refractivity contribution is 4.79. The lowest BCUT2D eigenvalue weighted by Crippen LogP contribution is -2.42. The normalized spacial score (nSPS) is 31.7. The van der Waals surface area contributed by atoms with E-state index in [1.54, 1.807) is 0 Å². The first kappa shape index (κ1) is 14.3. The van der Waals surface area contributed by atoms with Crippen molar-refractivity contribution in [3.8, 4) is 0 Å². The number of hydrogen-bond acceptors (Lipinski definition) is 3. The van der Waals surface area contributed by atoms with E-state index < -0.39 is 0 Å². The average Bonchev–Trinajstić information content (AvgIpc) is 2.41. The van der Waals surface area contributed by atoms with Crippen LogP contribution in [0.3, 0.4) is 0 Å². The van der Waals surface area contributed by atoms with Gasteiger partial charge in [-0.1, -0.05) is 6.92 Å². The number of ether oxygens (including phenoxy) is 1. The first-order valence-corrected chi connectivity index (χ1v) is 7.76. The van der Waals surface area contributed by atoms with Crippen molar-refractivity contribution in [2.75, 3.05) is 33.3 Å². The van der Waals surface area contributed by atoms with Gasteiger partial charge < -0.3 is 15.0 Å². The summed E-state index contributed by atoms with van der Waals surface area (Å²) in [6.45, 7) is 7.35. The maximum absolute atomic E-state index is 5.48. The zero-order valence-corrected chi connectivity index (χ0v) is 12.2. The maximum Gasteiger partial charge on any atom is 0.0586 e. The fourth-order valence-corrected chi connectivity index (χ4v) is 3.26. The van der Waals surface area contributed by atoms with E-state index in [0.717, 1.165) is 12.5 Å². The van der Waals surface area contributed by atoms with Gasteiger partial charge in [0.05, 0.1) is 6.10 Å². The van der Waals surface area contributed by atoms with Crippen LogP contribution in [0.4, 0.5) is 0 Å². The molecule has 2 unspecified atom stereocenters. The Hall–Kier alpha value is -0.120. The van der Waals surface area contributed by atoms with Crippen LogP contribution in [-0.2, 0) is 4.74 Å². The molecule has 0 radical (unpaired) electrons. The van der Waals surface area contributed by atoms with E-state index >= 15 is 0 Å². The van der Waals surface area contributed by atoms with Gasteiger partial charge in [-0.2, -0.15) is 0 Å². The minimum absolute atomic E-state index is 0.493. The second-order valence-electron chi connectivity index (χ2n) is 6.20. The number of methoxy groups -OCH3 is 1. The highest BCUT2D eigenvalue weighted by atomic mass is 16.5. The minimum atomic E-state index is 0.493. The van der Waals surface area contributed by atoms with Gasteiger partial charge in [-0.3, -0.25) is 0 Å². The number of piperidine rings is 1. The molecule has 0 aromatic heterocycles. The fraction of sp³-hybridized carbons (Fsp3) is 1.00. The molecule has 3 heteroatoms. The van der Waals surface area contributed by atoms with Gasteiger partial charge in [0, 0.05) is 26.2 Å². The molecular formula is C15H30N2O. The van der Waals surface area contributed by atoms with Crippen LogP contribution in [0.1, 0.15) is 45.4 Å². The summed E-state index contributed by atoms with van der Waals surface area (Å²) in [4.78, 5) is 2.61. The van der Waals surface area contributed by atoms with Gasteiger partial charge in [0.15, 0.2) is 0 Å². The summed E-state index contributed by atoms with van der Waals surface area (Å²) < 4.78 is 5.48. The van der Waals surface area contributed by atoms with E-state index in [1.165, 1.54) is 58.2 Å². The summed E-state index contributed by atoms with van der Waals surface area (Å²) in [5, 5.41) is 3.72. The lowest BCUT2D eigenvalue weighted by Gasteiger charge is -2.32. The van der Waals surface area contributed by atoms with Gasteiger partial charge >= 0.3 is 0 Å². The van der Waals surface area contributed by atoms with Crippen LogP contribution in [0.5, 0.6) is 0 Å². The molecule has 0 aromatic carbocycles. The van der Waals surface area contributed by atoms with Crippen LogP contribution in [0, 0.1) is 5.92 Å². The highest BCUT2D eigenvalue weighted by Gasteiger charge is 2.21. The van der Waals surface area contributed by atoms with Crippen LogP contribution in [0.15, 0.2) is 0 Å². The average molecular weight is 254 g/mol. The van der Waals surface area contributed by atoms with Crippen molar-refractivity contribution in [2.45, 2.75) is 57.6 Å². The van der Waals surface area contributed by atoms with Crippen LogP contribution >= 0.6 is 0 Å². The Morgan fingerprint density at radius 2 is 1.94 bits per heavy atom. The predicted octanol–water partition coefficient (Wildman–Crippen LogP) is 2.27. The molecule has 18 heavy (non-hydrogen) atoms. The molecule has 1 saturated carbocycles. The molecule has 2 fully saturated rings. The van der Waals surface area contributed by atoms with Crippen molar-refractivity contribution in [2.24, 2.45) is 5.92 Å². The second kappa shape index (κ2) is 7.46. The zero-order valence-electron chi connectivity index (χ0n) is 12.2. The molecule has 1 aliphatic carbocycles. The number of nitrogens with one attached hydrogen (secondary N) is 1. The number of rotatable bonds is 5. The van der Waals surface area contributed by atoms with Gasteiger partial charge in [0.25, 0.3) is 0 Å². The van der Waals surface area contributed by atoms with Crippen molar-refractivity contribution in [3.63, 3.8) is 0 Å². The molecular weight excluding hydrogens is 224 g/mol. The molecule has 0 spiro atoms. The van der Waals surface area contributed by atoms with Crippen molar-refractivity contribution >= 4 is 0 Å². The number of likely N-dealkylation sites (tertiary alicyclic amines) is 1. The largest absolute Gasteiger partial charge is 0.381 e. The van der Waals surface area contributed by atoms with Gasteiger partial charge in [0.2, 0.25) is 0 Å². The number of hydrogen-bond donors (Lipinski definition) is 1. The monoisotopic (exact) mass is 254 g/mol. The van der Waals surface area contributed by atoms with E-state index in [4.69, 9.17) is 4.74 Å². The third-order valence-electron chi connectivity index (χ3n) is 4.70. The molecule has 1 N–H and O–H groups in total. The predicted molar refractivity (Wildman–Crippen MR) is 75.9 cm³/mol. The van der Waals surface area contributed by atoms with Gasteiger partial charge in [0.1, 0.15) is 0 Å². The molecule has 2 aliphatic rings. The number of nitrogens with zero attached hydrogens (tertiary/aromatic N) is 1. The third kappa shape index (κ3) is 4.52. The van der Waals surface area contributed by atoms with Crippen molar-refractivity contribution in [1.29, 1.82) is 0 Å². The topological polar surface area (TPSA) is 24.5 Å². The first-order valence-electron chi connectivity index (χ1n) is 7.76. The zero-order chi connectivity index (χ0) is 12.8. The van der Waals surface area contributed by atoms with Crippen LogP contribution in [0.25, 0.3) is 0 Å². The summed E-state index contributed by atoms with van der Waals surface area (Å²) in [7, 11) is 1.85. The quantitative estimate of drug-likeness (QED) is 0.814. The molecule has 1 saturated heterocycles. The van der Waals surface area contributed by atoms with Gasteiger partial charge in [-0.25, -0.2) is 0 Å². The molecule has 2 atom stereocenters. The minimum Gasteiger partial charge on any atom is -0.381 e. The Morgan fingerprint density at radius 1 is 1.17 bits per heavy atom. The summed E-state index contributed by atoms with van der Waals surface area (Å²) >= 11 is 0. The van der Waals surface area contributed by atoms with Crippen LogP contribution in [-0.4, -0.2) is 50.3 Å². The molecule has 106 valence electrons. The van der Waals surface area contributed by atoms with Crippen LogP contribution in [0.2, 0.25) is 0 Å². The Kier molecular flexibility index (Phi) is 5.93. The van der Waals surface area contributed by atoms with Crippen molar-refractivity contribution in [3.05, 3.63) is 0 Å². The molecule has 0 amide bonds. The molecule has 1 aliphatic heterocycles. The van der Waals surface area contributed by atoms with E-state index in [-0.39, 0.29) is 0 Å². The molecule has 1 heterocycles. The first-order chi connectivity index (χ1) is 8.78. The summed E-state index contributed by atoms with van der Waals surface area (Å²) in [5.74, 6) is 0.940. The summed E-state index contributed by atoms with van der Waals surface area (Å²) in [5.41, 5.74) is 0. The fourth-order valence-electron chi connectivity index (χ4n) is 3.26. The molecule has 3 nitrogen and oxygen atoms in total. The standard InChI is InChI=1S/C15H30N2O/c1-13-6-9-17(10-7-13)11-8-16-14-4-3-5-15(12-14)18-2/h13-16H,3-12H2,1-2H3. The maximum atomic E-state index is 5.48. The third-order valence-corrected chi connectivity index (χ3v) is 4.70. The molecule has 0 bridgehead atoms. The highest BCUT2D eigenvalue weighted by Crippen LogP contribution is 2.20. The Balaban J connectivity index is 1.57. The molecule has 0 aromatic rings. The Morgan fingerprint density at radius 3 is 2.67 bits per heavy atom. The van der Waals surface area contributed by atoms with E-state index in [0.29, 0.717) is 12.1 Å². The van der Waals surface area contributed by atoms with E-state index in [1.807, 2.05) is 7.11 Å². The lowest BCUT2D eigenvalue weighted by molar-refractivity contribution is 0.0582. The second-order valence-corrected chi connectivity index (χ2v) is 6.20. The Bertz CT molecular complexity index is 227. The lowest BCUT2D eigenvalue weighted by atomic mass is 9.93. The van der Waals surface area contributed by atoms with Gasteiger partial charge in [-0.05, 0) is 57.5 Å². The smallest absolute Gasteiger partial charge is 0.0586 e. The van der Waals surface area contributed by atoms with E-state index in [9.17, 15) is 0 Å². The van der Waals surface area contributed by atoms with Crippen molar-refractivity contribution in [1.82, 2.24) is 10.2 Å². The van der Waals surface area contributed by atoms with Crippen LogP contribution < -0.4 is 5.32 Å². The van der Waals surface area contributed by atoms with Gasteiger partial charge in [-0.15, -0.1) is 0 Å².